The van der Waals surface area contributed by atoms with Gasteiger partial charge >= 0.3 is 12.3 Å². The van der Waals surface area contributed by atoms with Crippen molar-refractivity contribution in [3.8, 4) is 0 Å². The fraction of sp³-hybridized carbons (Fsp3) is 0.571. The third-order valence-corrected chi connectivity index (χ3v) is 11.6. The second-order valence-electron chi connectivity index (χ2n) is 14.0. The van der Waals surface area contributed by atoms with Crippen LogP contribution in [0.5, 0.6) is 0 Å². The van der Waals surface area contributed by atoms with Crippen LogP contribution in [0.2, 0.25) is 0 Å². The number of rotatable bonds is 5. The number of likely N-dealkylation sites (tertiary alicyclic amines) is 3. The van der Waals surface area contributed by atoms with E-state index in [4.69, 9.17) is 10.5 Å². The Kier molecular flexibility index (Phi) is 10.00. The van der Waals surface area contributed by atoms with E-state index < -0.39 is 40.9 Å². The van der Waals surface area contributed by atoms with Crippen LogP contribution in [-0.2, 0) is 32.3 Å². The topological polar surface area (TPSA) is 108 Å². The van der Waals surface area contributed by atoms with Crippen molar-refractivity contribution >= 4 is 45.2 Å². The fourth-order valence-electron chi connectivity index (χ4n) is 8.13. The molecule has 3 saturated heterocycles. The minimum Gasteiger partial charge on any atom is -0.436 e. The zero-order valence-corrected chi connectivity index (χ0v) is 28.7. The van der Waals surface area contributed by atoms with Crippen LogP contribution in [0.25, 0.3) is 0 Å². The number of hydrogen-bond donors (Lipinski definition) is 2. The Bertz CT molecular complexity index is 1530. The first-order valence-corrected chi connectivity index (χ1v) is 17.6. The average molecular weight is 735 g/mol. The van der Waals surface area contributed by atoms with Crippen molar-refractivity contribution < 1.29 is 32.3 Å². The van der Waals surface area contributed by atoms with Crippen LogP contribution in [0.4, 0.5) is 29.3 Å². The van der Waals surface area contributed by atoms with Crippen molar-refractivity contribution in [2.75, 3.05) is 57.4 Å². The van der Waals surface area contributed by atoms with Gasteiger partial charge in [-0.3, -0.25) is 9.59 Å². The number of anilines is 2. The van der Waals surface area contributed by atoms with Gasteiger partial charge in [0, 0.05) is 54.6 Å². The first-order chi connectivity index (χ1) is 22.8. The number of nitrogens with one attached hydrogen (secondary N) is 1. The standard InChI is InChI=1S/C35H43BrF3N5O4/c1-42-12-6-23(7-13-42)24-8-14-43(15-9-24)32(46)29(20-22-18-26(35(37,38)39)31(40)27(36)19-22)48-33(47)44-16-10-34(11-17-44)21-30(45)41-28-5-3-2-4-25(28)34/h2-5,18-19,23-24,29H,6-17,20-21,40H2,1H3,(H,41,45)/t29-/m1/s1. The van der Waals surface area contributed by atoms with E-state index in [-0.39, 0.29) is 22.4 Å². The number of fused-ring (bicyclic) bond motifs is 2. The predicted octanol–water partition coefficient (Wildman–Crippen LogP) is 6.05. The Morgan fingerprint density at radius 2 is 1.62 bits per heavy atom. The van der Waals surface area contributed by atoms with Crippen molar-refractivity contribution in [3.63, 3.8) is 0 Å². The van der Waals surface area contributed by atoms with E-state index in [0.717, 1.165) is 56.1 Å². The number of benzene rings is 2. The van der Waals surface area contributed by atoms with Crippen LogP contribution in [0.15, 0.2) is 40.9 Å². The number of amides is 3. The minimum atomic E-state index is -4.70. The second kappa shape index (κ2) is 13.9. The number of para-hydroxylation sites is 1. The number of alkyl halides is 3. The number of halogens is 4. The van der Waals surface area contributed by atoms with Crippen LogP contribution in [-0.4, -0.2) is 85.0 Å². The molecular weight excluding hydrogens is 691 g/mol. The predicted molar refractivity (Wildman–Crippen MR) is 179 cm³/mol. The molecule has 0 bridgehead atoms. The third-order valence-electron chi connectivity index (χ3n) is 11.0. The maximum absolute atomic E-state index is 14.0. The van der Waals surface area contributed by atoms with E-state index in [1.54, 1.807) is 4.90 Å². The van der Waals surface area contributed by atoms with Crippen LogP contribution in [0.1, 0.15) is 61.6 Å². The highest BCUT2D eigenvalue weighted by atomic mass is 79.9. The smallest absolute Gasteiger partial charge is 0.418 e. The van der Waals surface area contributed by atoms with Gasteiger partial charge in [-0.05, 0) is 116 Å². The molecule has 9 nitrogen and oxygen atoms in total. The van der Waals surface area contributed by atoms with Crippen LogP contribution in [0, 0.1) is 11.8 Å². The zero-order chi connectivity index (χ0) is 34.2. The minimum absolute atomic E-state index is 0.0573. The van der Waals surface area contributed by atoms with E-state index in [9.17, 15) is 27.6 Å². The zero-order valence-electron chi connectivity index (χ0n) is 27.2. The summed E-state index contributed by atoms with van der Waals surface area (Å²) in [4.78, 5) is 45.8. The maximum Gasteiger partial charge on any atom is 0.418 e. The molecule has 6 rings (SSSR count). The number of hydrogen-bond acceptors (Lipinski definition) is 6. The third kappa shape index (κ3) is 7.31. The Labute approximate surface area is 287 Å². The molecule has 0 saturated carbocycles. The van der Waals surface area contributed by atoms with Crippen molar-refractivity contribution in [1.82, 2.24) is 14.7 Å². The van der Waals surface area contributed by atoms with Gasteiger partial charge < -0.3 is 30.5 Å². The summed E-state index contributed by atoms with van der Waals surface area (Å²) in [6.07, 6.45) is -1.59. The van der Waals surface area contributed by atoms with Gasteiger partial charge in [0.15, 0.2) is 6.10 Å². The summed E-state index contributed by atoms with van der Waals surface area (Å²) in [5, 5.41) is 2.93. The van der Waals surface area contributed by atoms with Crippen molar-refractivity contribution in [1.29, 1.82) is 0 Å². The first-order valence-electron chi connectivity index (χ1n) is 16.8. The Hall–Kier alpha value is -3.32. The molecule has 3 amide bonds. The summed E-state index contributed by atoms with van der Waals surface area (Å²) in [6.45, 7) is 3.78. The van der Waals surface area contributed by atoms with Gasteiger partial charge in [0.2, 0.25) is 5.91 Å². The molecule has 48 heavy (non-hydrogen) atoms. The molecule has 3 fully saturated rings. The Balaban J connectivity index is 1.17. The van der Waals surface area contributed by atoms with E-state index in [2.05, 4.69) is 33.2 Å². The summed E-state index contributed by atoms with van der Waals surface area (Å²) >= 11 is 3.14. The summed E-state index contributed by atoms with van der Waals surface area (Å²) in [7, 11) is 2.13. The molecule has 0 aromatic heterocycles. The van der Waals surface area contributed by atoms with Crippen molar-refractivity contribution in [2.45, 2.75) is 69.1 Å². The molecule has 0 unspecified atom stereocenters. The SMILES string of the molecule is CN1CCC(C2CCN(C(=O)[C@@H](Cc3cc(Br)c(N)c(C(F)(F)F)c3)OC(=O)N3CCC4(CC3)CC(=O)Nc3ccccc34)CC2)CC1. The molecule has 2 aromatic carbocycles. The molecule has 4 heterocycles. The van der Waals surface area contributed by atoms with E-state index >= 15 is 0 Å². The highest BCUT2D eigenvalue weighted by Gasteiger charge is 2.44. The molecule has 0 aliphatic carbocycles. The fourth-order valence-corrected chi connectivity index (χ4v) is 8.63. The van der Waals surface area contributed by atoms with Gasteiger partial charge in [0.1, 0.15) is 0 Å². The lowest BCUT2D eigenvalue weighted by Crippen LogP contribution is -2.51. The molecule has 0 radical (unpaired) electrons. The first kappa shape index (κ1) is 34.5. The van der Waals surface area contributed by atoms with Gasteiger partial charge in [-0.25, -0.2) is 4.79 Å². The van der Waals surface area contributed by atoms with E-state index in [1.807, 2.05) is 24.3 Å². The van der Waals surface area contributed by atoms with Crippen molar-refractivity contribution in [3.05, 3.63) is 57.6 Å². The normalized spacial score (nSPS) is 21.5. The number of carbonyl (C=O) groups is 3. The number of carbonyl (C=O) groups excluding carboxylic acids is 3. The molecule has 3 N–H and O–H groups in total. The Morgan fingerprint density at radius 1 is 1.00 bits per heavy atom. The lowest BCUT2D eigenvalue weighted by molar-refractivity contribution is -0.142. The average Bonchev–Trinajstić information content (AvgIpc) is 3.06. The summed E-state index contributed by atoms with van der Waals surface area (Å²) in [5.41, 5.74) is 5.88. The van der Waals surface area contributed by atoms with E-state index in [1.165, 1.54) is 11.0 Å². The van der Waals surface area contributed by atoms with Crippen LogP contribution >= 0.6 is 15.9 Å². The lowest BCUT2D eigenvalue weighted by atomic mass is 9.68. The molecule has 13 heteroatoms. The maximum atomic E-state index is 14.0. The molecule has 4 aliphatic heterocycles. The molecular formula is C35H43BrF3N5O4. The van der Waals surface area contributed by atoms with Gasteiger partial charge in [0.05, 0.1) is 11.3 Å². The van der Waals surface area contributed by atoms with Gasteiger partial charge in [-0.2, -0.15) is 13.2 Å². The van der Waals surface area contributed by atoms with Gasteiger partial charge in [0.25, 0.3) is 5.91 Å². The molecule has 260 valence electrons. The van der Waals surface area contributed by atoms with Gasteiger partial charge in [-0.15, -0.1) is 0 Å². The second-order valence-corrected chi connectivity index (χ2v) is 14.8. The highest BCUT2D eigenvalue weighted by molar-refractivity contribution is 9.10. The van der Waals surface area contributed by atoms with E-state index in [0.29, 0.717) is 57.3 Å². The quantitative estimate of drug-likeness (QED) is 0.363. The summed E-state index contributed by atoms with van der Waals surface area (Å²) in [5.74, 6) is 0.657. The lowest BCUT2D eigenvalue weighted by Gasteiger charge is -2.44. The number of nitrogens with zero attached hydrogens (tertiary/aromatic N) is 3. The summed E-state index contributed by atoms with van der Waals surface area (Å²) in [6, 6.07) is 10.1. The monoisotopic (exact) mass is 733 g/mol. The molecule has 2 aromatic rings. The number of nitrogens with two attached hydrogens (primary N) is 1. The molecule has 4 aliphatic rings. The van der Waals surface area contributed by atoms with Crippen LogP contribution in [0.3, 0.4) is 0 Å². The molecule has 1 atom stereocenters. The largest absolute Gasteiger partial charge is 0.436 e. The van der Waals surface area contributed by atoms with Crippen LogP contribution < -0.4 is 11.1 Å². The highest BCUT2D eigenvalue weighted by Crippen LogP contribution is 2.45. The number of ether oxygens (including phenoxy) is 1. The summed E-state index contributed by atoms with van der Waals surface area (Å²) < 4.78 is 47.5. The van der Waals surface area contributed by atoms with Crippen molar-refractivity contribution in [2.24, 2.45) is 11.8 Å². The van der Waals surface area contributed by atoms with Gasteiger partial charge in [-0.1, -0.05) is 18.2 Å². The number of piperidine rings is 3. The Morgan fingerprint density at radius 3 is 2.27 bits per heavy atom. The number of nitrogen functional groups attached to an aromatic ring is 1. The molecule has 1 spiro atoms.